The summed E-state index contributed by atoms with van der Waals surface area (Å²) in [5, 5.41) is 1.43. The van der Waals surface area contributed by atoms with Crippen molar-refractivity contribution < 1.29 is 19.1 Å². The average Bonchev–Trinajstić information content (AvgIpc) is 2.94. The SMILES string of the molecule is COC(=O)Cc1c(C)n(C(=O)c2ccc(Cl)c(Cl)c2)c2ccc(OC)cc12. The third-order valence-electron chi connectivity index (χ3n) is 4.46. The van der Waals surface area contributed by atoms with Gasteiger partial charge in [-0.2, -0.15) is 0 Å². The van der Waals surface area contributed by atoms with Gasteiger partial charge in [-0.3, -0.25) is 14.2 Å². The van der Waals surface area contributed by atoms with E-state index in [4.69, 9.17) is 32.7 Å². The smallest absolute Gasteiger partial charge is 0.310 e. The molecule has 0 radical (unpaired) electrons. The minimum absolute atomic E-state index is 0.0493. The zero-order valence-corrected chi connectivity index (χ0v) is 16.5. The van der Waals surface area contributed by atoms with Gasteiger partial charge in [0.05, 0.1) is 36.2 Å². The summed E-state index contributed by atoms with van der Waals surface area (Å²) in [6.45, 7) is 1.79. The highest BCUT2D eigenvalue weighted by Crippen LogP contribution is 2.31. The molecule has 140 valence electrons. The number of hydrogen-bond donors (Lipinski definition) is 0. The van der Waals surface area contributed by atoms with Crippen LogP contribution in [0.3, 0.4) is 0 Å². The van der Waals surface area contributed by atoms with Crippen LogP contribution in [0, 0.1) is 6.92 Å². The van der Waals surface area contributed by atoms with Crippen LogP contribution >= 0.6 is 23.2 Å². The minimum atomic E-state index is -0.387. The number of ether oxygens (including phenoxy) is 2. The predicted octanol–water partition coefficient (Wildman–Crippen LogP) is 4.67. The molecule has 3 rings (SSSR count). The van der Waals surface area contributed by atoms with Crippen LogP contribution < -0.4 is 4.74 Å². The molecule has 3 aromatic rings. The molecule has 0 N–H and O–H groups in total. The van der Waals surface area contributed by atoms with Crippen LogP contribution in [0.1, 0.15) is 21.6 Å². The summed E-state index contributed by atoms with van der Waals surface area (Å²) in [6, 6.07) is 10.1. The normalized spacial score (nSPS) is 10.9. The van der Waals surface area contributed by atoms with Crippen molar-refractivity contribution in [2.75, 3.05) is 14.2 Å². The molecule has 27 heavy (non-hydrogen) atoms. The van der Waals surface area contributed by atoms with E-state index in [1.165, 1.54) is 13.2 Å². The van der Waals surface area contributed by atoms with E-state index in [9.17, 15) is 9.59 Å². The molecule has 0 atom stereocenters. The fourth-order valence-corrected chi connectivity index (χ4v) is 3.35. The van der Waals surface area contributed by atoms with Crippen molar-refractivity contribution in [3.63, 3.8) is 0 Å². The molecule has 0 aliphatic rings. The predicted molar refractivity (Wildman–Crippen MR) is 105 cm³/mol. The molecule has 0 amide bonds. The molecule has 0 bridgehead atoms. The van der Waals surface area contributed by atoms with Crippen molar-refractivity contribution in [1.29, 1.82) is 0 Å². The zero-order chi connectivity index (χ0) is 19.7. The van der Waals surface area contributed by atoms with Crippen LogP contribution in [0.5, 0.6) is 5.75 Å². The third kappa shape index (κ3) is 3.53. The molecule has 0 saturated carbocycles. The molecule has 1 heterocycles. The average molecular weight is 406 g/mol. The van der Waals surface area contributed by atoms with E-state index in [0.29, 0.717) is 38.1 Å². The number of fused-ring (bicyclic) bond motifs is 1. The molecule has 1 aromatic heterocycles. The number of nitrogens with zero attached hydrogens (tertiary/aromatic N) is 1. The summed E-state index contributed by atoms with van der Waals surface area (Å²) >= 11 is 12.0. The lowest BCUT2D eigenvalue weighted by molar-refractivity contribution is -0.139. The van der Waals surface area contributed by atoms with Gasteiger partial charge in [-0.1, -0.05) is 23.2 Å². The second kappa shape index (κ2) is 7.62. The van der Waals surface area contributed by atoms with Crippen molar-refractivity contribution >= 4 is 46.0 Å². The highest BCUT2D eigenvalue weighted by atomic mass is 35.5. The van der Waals surface area contributed by atoms with Crippen LogP contribution in [0.4, 0.5) is 0 Å². The van der Waals surface area contributed by atoms with Gasteiger partial charge in [-0.05, 0) is 48.9 Å². The van der Waals surface area contributed by atoms with Crippen LogP contribution in [0.15, 0.2) is 36.4 Å². The Morgan fingerprint density at radius 3 is 2.41 bits per heavy atom. The Kier molecular flexibility index (Phi) is 5.44. The molecule has 0 fully saturated rings. The number of hydrogen-bond acceptors (Lipinski definition) is 4. The lowest BCUT2D eigenvalue weighted by atomic mass is 10.1. The van der Waals surface area contributed by atoms with Crippen LogP contribution in [0.2, 0.25) is 10.0 Å². The van der Waals surface area contributed by atoms with Gasteiger partial charge in [0.15, 0.2) is 0 Å². The van der Waals surface area contributed by atoms with E-state index in [2.05, 4.69) is 0 Å². The maximum atomic E-state index is 13.2. The van der Waals surface area contributed by atoms with Gasteiger partial charge >= 0.3 is 5.97 Å². The van der Waals surface area contributed by atoms with Gasteiger partial charge in [0.2, 0.25) is 0 Å². The van der Waals surface area contributed by atoms with Gasteiger partial charge in [-0.15, -0.1) is 0 Å². The van der Waals surface area contributed by atoms with Crippen molar-refractivity contribution in [3.05, 3.63) is 63.3 Å². The van der Waals surface area contributed by atoms with Crippen LogP contribution in [0.25, 0.3) is 10.9 Å². The lowest BCUT2D eigenvalue weighted by Crippen LogP contribution is -2.14. The number of esters is 1. The van der Waals surface area contributed by atoms with Crippen molar-refractivity contribution in [3.8, 4) is 5.75 Å². The first-order valence-electron chi connectivity index (χ1n) is 8.11. The van der Waals surface area contributed by atoms with Crippen molar-refractivity contribution in [1.82, 2.24) is 4.57 Å². The maximum Gasteiger partial charge on any atom is 0.310 e. The van der Waals surface area contributed by atoms with Gasteiger partial charge in [0, 0.05) is 16.6 Å². The molecule has 5 nitrogen and oxygen atoms in total. The van der Waals surface area contributed by atoms with Gasteiger partial charge < -0.3 is 9.47 Å². The molecular weight excluding hydrogens is 389 g/mol. The molecule has 0 aliphatic carbocycles. The van der Waals surface area contributed by atoms with E-state index in [1.54, 1.807) is 48.9 Å². The van der Waals surface area contributed by atoms with Gasteiger partial charge in [0.25, 0.3) is 5.91 Å². The molecule has 0 saturated heterocycles. The van der Waals surface area contributed by atoms with E-state index in [1.807, 2.05) is 0 Å². The monoisotopic (exact) mass is 405 g/mol. The van der Waals surface area contributed by atoms with Crippen molar-refractivity contribution in [2.45, 2.75) is 13.3 Å². The number of carbonyl (C=O) groups excluding carboxylic acids is 2. The highest BCUT2D eigenvalue weighted by Gasteiger charge is 2.22. The summed E-state index contributed by atoms with van der Waals surface area (Å²) in [7, 11) is 2.89. The quantitative estimate of drug-likeness (QED) is 0.591. The topological polar surface area (TPSA) is 57.5 Å². The highest BCUT2D eigenvalue weighted by molar-refractivity contribution is 6.42. The van der Waals surface area contributed by atoms with E-state index in [0.717, 1.165) is 5.39 Å². The Balaban J connectivity index is 2.22. The number of benzene rings is 2. The Morgan fingerprint density at radius 1 is 1.04 bits per heavy atom. The van der Waals surface area contributed by atoms with E-state index < -0.39 is 0 Å². The largest absolute Gasteiger partial charge is 0.497 e. The second-order valence-electron chi connectivity index (χ2n) is 5.97. The number of methoxy groups -OCH3 is 2. The van der Waals surface area contributed by atoms with Crippen molar-refractivity contribution in [2.24, 2.45) is 0 Å². The summed E-state index contributed by atoms with van der Waals surface area (Å²) in [6.07, 6.45) is 0.0493. The molecule has 0 spiro atoms. The summed E-state index contributed by atoms with van der Waals surface area (Å²) in [5.74, 6) is -0.0212. The Hall–Kier alpha value is -2.50. The molecule has 0 aliphatic heterocycles. The van der Waals surface area contributed by atoms with E-state index >= 15 is 0 Å². The standard InChI is InChI=1S/C20H17Cl2NO4/c1-11-14(10-19(24)27-3)15-9-13(26-2)5-7-18(15)23(11)20(25)12-4-6-16(21)17(22)8-12/h4-9H,10H2,1-3H3. The first-order valence-corrected chi connectivity index (χ1v) is 8.87. The Bertz CT molecular complexity index is 1060. The first kappa shape index (κ1) is 19.3. The summed E-state index contributed by atoms with van der Waals surface area (Å²) in [5.41, 5.74) is 2.43. The van der Waals surface area contributed by atoms with E-state index in [-0.39, 0.29) is 18.3 Å². The number of halogens is 2. The Labute approximate surface area is 166 Å². The van der Waals surface area contributed by atoms with Gasteiger partial charge in [-0.25, -0.2) is 0 Å². The fourth-order valence-electron chi connectivity index (χ4n) is 3.05. The molecule has 0 unspecified atom stereocenters. The van der Waals surface area contributed by atoms with Crippen LogP contribution in [-0.2, 0) is 16.0 Å². The maximum absolute atomic E-state index is 13.2. The summed E-state index contributed by atoms with van der Waals surface area (Å²) in [4.78, 5) is 25.1. The summed E-state index contributed by atoms with van der Waals surface area (Å²) < 4.78 is 11.7. The number of carbonyl (C=O) groups is 2. The first-order chi connectivity index (χ1) is 12.9. The molecule has 7 heteroatoms. The lowest BCUT2D eigenvalue weighted by Gasteiger charge is -2.09. The zero-order valence-electron chi connectivity index (χ0n) is 15.0. The number of rotatable bonds is 4. The Morgan fingerprint density at radius 2 is 1.78 bits per heavy atom. The van der Waals surface area contributed by atoms with Gasteiger partial charge in [0.1, 0.15) is 5.75 Å². The molecule has 2 aromatic carbocycles. The number of aromatic nitrogens is 1. The second-order valence-corrected chi connectivity index (χ2v) is 6.78. The van der Waals surface area contributed by atoms with Crippen LogP contribution in [-0.4, -0.2) is 30.7 Å². The fraction of sp³-hybridized carbons (Fsp3) is 0.200. The third-order valence-corrected chi connectivity index (χ3v) is 5.20. The molecular formula is C20H17Cl2NO4. The minimum Gasteiger partial charge on any atom is -0.497 e.